The first-order valence-corrected chi connectivity index (χ1v) is 11.6. The number of nitrogens with zero attached hydrogens (tertiary/aromatic N) is 3. The molecule has 2 aromatic carbocycles. The normalized spacial score (nSPS) is 16.5. The molecule has 3 heterocycles. The van der Waals surface area contributed by atoms with Crippen LogP contribution in [0.2, 0.25) is 0 Å². The molecule has 1 saturated heterocycles. The van der Waals surface area contributed by atoms with Crippen LogP contribution in [0.5, 0.6) is 0 Å². The first-order chi connectivity index (χ1) is 16.3. The van der Waals surface area contributed by atoms with E-state index >= 15 is 0 Å². The Balaban J connectivity index is 1.50. The van der Waals surface area contributed by atoms with Gasteiger partial charge in [0.1, 0.15) is 5.82 Å². The van der Waals surface area contributed by atoms with Gasteiger partial charge in [0.2, 0.25) is 0 Å². The number of thioether (sulfide) groups is 1. The van der Waals surface area contributed by atoms with Crippen molar-refractivity contribution in [2.45, 2.75) is 42.6 Å². The molecule has 0 spiro atoms. The molecule has 1 fully saturated rings. The highest BCUT2D eigenvalue weighted by Gasteiger charge is 2.30. The molecule has 2 aromatic heterocycles. The van der Waals surface area contributed by atoms with Crippen LogP contribution in [0, 0.1) is 0 Å². The van der Waals surface area contributed by atoms with E-state index in [1.807, 2.05) is 0 Å². The summed E-state index contributed by atoms with van der Waals surface area (Å²) in [6.45, 7) is 0.987. The van der Waals surface area contributed by atoms with Gasteiger partial charge in [-0.1, -0.05) is 23.9 Å². The number of halogens is 3. The maximum Gasteiger partial charge on any atom is 0.416 e. The smallest absolute Gasteiger partial charge is 0.376 e. The summed E-state index contributed by atoms with van der Waals surface area (Å²) in [5.74, 6) is 0.297. The zero-order valence-electron chi connectivity index (χ0n) is 17.8. The zero-order chi connectivity index (χ0) is 23.9. The highest BCUT2D eigenvalue weighted by molar-refractivity contribution is 7.98. The Morgan fingerprint density at radius 3 is 2.68 bits per heavy atom. The van der Waals surface area contributed by atoms with E-state index in [1.165, 1.54) is 11.8 Å². The minimum atomic E-state index is -4.54. The summed E-state index contributed by atoms with van der Waals surface area (Å²) in [4.78, 5) is 37.1. The van der Waals surface area contributed by atoms with E-state index in [0.717, 1.165) is 31.0 Å². The molecular formula is C23H19F3N4O3S. The molecule has 0 amide bonds. The largest absolute Gasteiger partial charge is 0.416 e. The zero-order valence-corrected chi connectivity index (χ0v) is 18.6. The lowest BCUT2D eigenvalue weighted by molar-refractivity contribution is -0.137. The van der Waals surface area contributed by atoms with Gasteiger partial charge in [0, 0.05) is 6.61 Å². The number of benzene rings is 2. The lowest BCUT2D eigenvalue weighted by atomic mass is 10.1. The highest BCUT2D eigenvalue weighted by Crippen LogP contribution is 2.30. The molecule has 0 aliphatic carbocycles. The van der Waals surface area contributed by atoms with Crippen LogP contribution in [-0.4, -0.2) is 32.2 Å². The third-order valence-corrected chi connectivity index (χ3v) is 6.65. The number of fused-ring (bicyclic) bond motifs is 2. The number of aromatic nitrogens is 4. The molecule has 1 N–H and O–H groups in total. The summed E-state index contributed by atoms with van der Waals surface area (Å²) >= 11 is 1.18. The molecule has 5 rings (SSSR count). The molecule has 11 heteroatoms. The van der Waals surface area contributed by atoms with Gasteiger partial charge >= 0.3 is 6.18 Å². The molecule has 7 nitrogen and oxygen atoms in total. The number of ether oxygens (including phenoxy) is 1. The first kappa shape index (κ1) is 22.6. The average molecular weight is 488 g/mol. The van der Waals surface area contributed by atoms with Crippen LogP contribution >= 0.6 is 11.8 Å². The van der Waals surface area contributed by atoms with Crippen LogP contribution in [-0.2, 0) is 23.2 Å². The number of rotatable bonds is 5. The summed E-state index contributed by atoms with van der Waals surface area (Å²) in [6.07, 6.45) is -2.88. The predicted octanol–water partition coefficient (Wildman–Crippen LogP) is 4.12. The second kappa shape index (κ2) is 8.88. The lowest BCUT2D eigenvalue weighted by Crippen LogP contribution is -2.28. The molecule has 1 aliphatic heterocycles. The van der Waals surface area contributed by atoms with Crippen LogP contribution in [0.3, 0.4) is 0 Å². The summed E-state index contributed by atoms with van der Waals surface area (Å²) < 4.78 is 46.5. The van der Waals surface area contributed by atoms with E-state index in [-0.39, 0.29) is 34.1 Å². The summed E-state index contributed by atoms with van der Waals surface area (Å²) in [5, 5.41) is 0.980. The summed E-state index contributed by atoms with van der Waals surface area (Å²) in [5.41, 5.74) is -1.11. The van der Waals surface area contributed by atoms with Gasteiger partial charge in [-0.2, -0.15) is 13.2 Å². The second-order valence-corrected chi connectivity index (χ2v) is 8.94. The van der Waals surface area contributed by atoms with Crippen molar-refractivity contribution in [3.8, 4) is 0 Å². The summed E-state index contributed by atoms with van der Waals surface area (Å²) in [6, 6.07) is 9.85. The number of aromatic amines is 1. The number of nitrogens with one attached hydrogen (secondary N) is 1. The van der Waals surface area contributed by atoms with Gasteiger partial charge in [0.25, 0.3) is 11.1 Å². The number of hydrogen-bond acceptors (Lipinski definition) is 6. The maximum atomic E-state index is 13.2. The molecule has 4 aromatic rings. The molecular weight excluding hydrogens is 469 g/mol. The Kier molecular flexibility index (Phi) is 5.90. The molecule has 0 bridgehead atoms. The van der Waals surface area contributed by atoms with Crippen LogP contribution in [0.15, 0.2) is 57.2 Å². The van der Waals surface area contributed by atoms with Gasteiger partial charge < -0.3 is 9.72 Å². The van der Waals surface area contributed by atoms with Crippen molar-refractivity contribution < 1.29 is 17.9 Å². The van der Waals surface area contributed by atoms with Crippen molar-refractivity contribution >= 4 is 33.6 Å². The SMILES string of the molecule is O=c1[nH]c(CSc2nc3ccccc3c(=O)n2C[C@H]2CCCO2)nc2cc(C(F)(F)F)ccc12. The fraction of sp³-hybridized carbons (Fsp3) is 0.304. The van der Waals surface area contributed by atoms with Gasteiger partial charge in [-0.25, -0.2) is 9.97 Å². The van der Waals surface area contributed by atoms with Crippen LogP contribution in [0.1, 0.15) is 24.2 Å². The first-order valence-electron chi connectivity index (χ1n) is 10.6. The Morgan fingerprint density at radius 2 is 1.91 bits per heavy atom. The summed E-state index contributed by atoms with van der Waals surface area (Å²) in [7, 11) is 0. The third kappa shape index (κ3) is 4.45. The molecule has 34 heavy (non-hydrogen) atoms. The van der Waals surface area contributed by atoms with Crippen molar-refractivity contribution in [2.24, 2.45) is 0 Å². The second-order valence-electron chi connectivity index (χ2n) is 7.99. The standard InChI is InChI=1S/C23H19F3N4O3S/c24-23(25,26)13-7-8-15-18(10-13)27-19(29-20(15)31)12-34-22-28-17-6-2-1-5-16(17)21(32)30(22)11-14-4-3-9-33-14/h1-2,5-8,10,14H,3-4,9,11-12H2,(H,27,29,31)/t14-/m1/s1. The quantitative estimate of drug-likeness (QED) is 0.336. The molecule has 1 aliphatic rings. The van der Waals surface area contributed by atoms with Crippen molar-refractivity contribution in [1.82, 2.24) is 19.5 Å². The van der Waals surface area contributed by atoms with Crippen LogP contribution in [0.25, 0.3) is 21.8 Å². The molecule has 0 saturated carbocycles. The maximum absolute atomic E-state index is 13.2. The van der Waals surface area contributed by atoms with E-state index in [1.54, 1.807) is 28.8 Å². The molecule has 1 atom stereocenters. The van der Waals surface area contributed by atoms with Crippen LogP contribution < -0.4 is 11.1 Å². The topological polar surface area (TPSA) is 89.9 Å². The van der Waals surface area contributed by atoms with Crippen molar-refractivity contribution in [2.75, 3.05) is 6.61 Å². The Bertz CT molecular complexity index is 1490. The monoisotopic (exact) mass is 488 g/mol. The number of alkyl halides is 3. The fourth-order valence-corrected chi connectivity index (χ4v) is 4.86. The van der Waals surface area contributed by atoms with Crippen molar-refractivity contribution in [3.63, 3.8) is 0 Å². The van der Waals surface area contributed by atoms with E-state index < -0.39 is 17.3 Å². The van der Waals surface area contributed by atoms with Gasteiger partial charge in [0.05, 0.1) is 45.8 Å². The minimum Gasteiger partial charge on any atom is -0.376 e. The lowest BCUT2D eigenvalue weighted by Gasteiger charge is -2.16. The minimum absolute atomic E-state index is 0.0441. The van der Waals surface area contributed by atoms with Crippen molar-refractivity contribution in [3.05, 3.63) is 74.6 Å². The number of para-hydroxylation sites is 1. The highest BCUT2D eigenvalue weighted by atomic mass is 32.2. The Morgan fingerprint density at radius 1 is 1.09 bits per heavy atom. The van der Waals surface area contributed by atoms with Gasteiger partial charge in [-0.05, 0) is 43.2 Å². The third-order valence-electron chi connectivity index (χ3n) is 5.66. The van der Waals surface area contributed by atoms with Gasteiger partial charge in [-0.15, -0.1) is 0 Å². The Labute approximate surface area is 195 Å². The van der Waals surface area contributed by atoms with Gasteiger partial charge in [-0.3, -0.25) is 14.2 Å². The number of H-pyrrole nitrogens is 1. The van der Waals surface area contributed by atoms with E-state index in [9.17, 15) is 22.8 Å². The van der Waals surface area contributed by atoms with Gasteiger partial charge in [0.15, 0.2) is 5.16 Å². The van der Waals surface area contributed by atoms with Crippen molar-refractivity contribution in [1.29, 1.82) is 0 Å². The van der Waals surface area contributed by atoms with Crippen LogP contribution in [0.4, 0.5) is 13.2 Å². The molecule has 0 radical (unpaired) electrons. The van der Waals surface area contributed by atoms with E-state index in [0.29, 0.717) is 29.2 Å². The molecule has 176 valence electrons. The number of hydrogen-bond donors (Lipinski definition) is 1. The Hall–Kier alpha value is -3.18. The predicted molar refractivity (Wildman–Crippen MR) is 122 cm³/mol. The molecule has 0 unspecified atom stereocenters. The van der Waals surface area contributed by atoms with E-state index in [4.69, 9.17) is 4.74 Å². The fourth-order valence-electron chi connectivity index (χ4n) is 3.98. The average Bonchev–Trinajstić information content (AvgIpc) is 3.32. The van der Waals surface area contributed by atoms with E-state index in [2.05, 4.69) is 15.0 Å².